The number of carboxylic acids is 1. The van der Waals surface area contributed by atoms with E-state index < -0.39 is 5.97 Å². The second-order valence-corrected chi connectivity index (χ2v) is 4.01. The van der Waals surface area contributed by atoms with E-state index in [0.29, 0.717) is 17.9 Å². The molecule has 0 saturated carbocycles. The first-order valence-corrected chi connectivity index (χ1v) is 4.85. The molecule has 15 heavy (non-hydrogen) atoms. The Hall–Kier alpha value is -1.58. The zero-order valence-corrected chi connectivity index (χ0v) is 9.15. The summed E-state index contributed by atoms with van der Waals surface area (Å²) in [4.78, 5) is 22.3. The highest BCUT2D eigenvalue weighted by Crippen LogP contribution is 2.11. The van der Waals surface area contributed by atoms with Crippen LogP contribution < -0.4 is 5.56 Å². The van der Waals surface area contributed by atoms with E-state index in [9.17, 15) is 9.59 Å². The standard InChI is InChI=1S/C11H15NO3/c1-7(2)6-8-4-5-9(13)12(3)10(8)11(14)15/h4-5,7H,6H2,1-3H3,(H,14,15). The maximum Gasteiger partial charge on any atom is 0.352 e. The van der Waals surface area contributed by atoms with E-state index in [2.05, 4.69) is 0 Å². The van der Waals surface area contributed by atoms with Gasteiger partial charge in [-0.05, 0) is 17.9 Å². The number of aromatic nitrogens is 1. The maximum atomic E-state index is 11.3. The van der Waals surface area contributed by atoms with Gasteiger partial charge in [-0.25, -0.2) is 4.79 Å². The predicted molar refractivity (Wildman–Crippen MR) is 57.2 cm³/mol. The SMILES string of the molecule is CC(C)Cc1ccc(=O)n(C)c1C(=O)O. The van der Waals surface area contributed by atoms with Crippen molar-refractivity contribution in [3.05, 3.63) is 33.7 Å². The molecule has 4 heteroatoms. The average Bonchev–Trinajstić information content (AvgIpc) is 2.10. The summed E-state index contributed by atoms with van der Waals surface area (Å²) in [6.07, 6.45) is 0.662. The van der Waals surface area contributed by atoms with E-state index in [1.165, 1.54) is 17.7 Å². The third-order valence-electron chi connectivity index (χ3n) is 2.23. The summed E-state index contributed by atoms with van der Waals surface area (Å²) in [5, 5.41) is 9.02. The van der Waals surface area contributed by atoms with Crippen molar-refractivity contribution in [2.45, 2.75) is 20.3 Å². The van der Waals surface area contributed by atoms with Crippen molar-refractivity contribution in [2.24, 2.45) is 13.0 Å². The third kappa shape index (κ3) is 2.46. The minimum atomic E-state index is -1.05. The molecule has 1 N–H and O–H groups in total. The first-order valence-electron chi connectivity index (χ1n) is 4.85. The smallest absolute Gasteiger partial charge is 0.352 e. The van der Waals surface area contributed by atoms with Crippen molar-refractivity contribution >= 4 is 5.97 Å². The van der Waals surface area contributed by atoms with Crippen LogP contribution in [0.2, 0.25) is 0 Å². The van der Waals surface area contributed by atoms with Crippen LogP contribution in [0.15, 0.2) is 16.9 Å². The number of carboxylic acid groups (broad SMARTS) is 1. The Balaban J connectivity index is 3.33. The molecule has 0 unspecified atom stereocenters. The lowest BCUT2D eigenvalue weighted by Gasteiger charge is -2.11. The molecule has 0 aliphatic carbocycles. The van der Waals surface area contributed by atoms with Crippen LogP contribution in [-0.2, 0) is 13.5 Å². The van der Waals surface area contributed by atoms with E-state index in [-0.39, 0.29) is 11.3 Å². The molecule has 4 nitrogen and oxygen atoms in total. The molecule has 0 radical (unpaired) electrons. The molecule has 82 valence electrons. The lowest BCUT2D eigenvalue weighted by Crippen LogP contribution is -2.24. The van der Waals surface area contributed by atoms with Gasteiger partial charge in [-0.15, -0.1) is 0 Å². The zero-order valence-electron chi connectivity index (χ0n) is 9.15. The lowest BCUT2D eigenvalue weighted by atomic mass is 10.0. The summed E-state index contributed by atoms with van der Waals surface area (Å²) in [5.41, 5.74) is 0.510. The molecule has 0 saturated heterocycles. The summed E-state index contributed by atoms with van der Waals surface area (Å²) >= 11 is 0. The van der Waals surface area contributed by atoms with Gasteiger partial charge in [0.05, 0.1) is 0 Å². The van der Waals surface area contributed by atoms with Crippen molar-refractivity contribution in [3.63, 3.8) is 0 Å². The monoisotopic (exact) mass is 209 g/mol. The first kappa shape index (κ1) is 11.5. The molecule has 0 spiro atoms. The number of rotatable bonds is 3. The minimum absolute atomic E-state index is 0.0937. The third-order valence-corrected chi connectivity index (χ3v) is 2.23. The summed E-state index contributed by atoms with van der Waals surface area (Å²) in [7, 11) is 1.48. The van der Waals surface area contributed by atoms with Gasteiger partial charge >= 0.3 is 5.97 Å². The maximum absolute atomic E-state index is 11.3. The van der Waals surface area contributed by atoms with Gasteiger partial charge in [-0.1, -0.05) is 19.9 Å². The molecule has 1 aromatic heterocycles. The quantitative estimate of drug-likeness (QED) is 0.815. The Morgan fingerprint density at radius 2 is 2.07 bits per heavy atom. The van der Waals surface area contributed by atoms with E-state index in [4.69, 9.17) is 5.11 Å². The molecule has 0 atom stereocenters. The zero-order chi connectivity index (χ0) is 11.6. The van der Waals surface area contributed by atoms with Crippen LogP contribution in [0.3, 0.4) is 0 Å². The molecule has 1 heterocycles. The topological polar surface area (TPSA) is 59.3 Å². The van der Waals surface area contributed by atoms with Crippen LogP contribution in [0, 0.1) is 5.92 Å². The van der Waals surface area contributed by atoms with Gasteiger partial charge in [0, 0.05) is 13.1 Å². The Labute approximate surface area is 88.2 Å². The van der Waals surface area contributed by atoms with Crippen LogP contribution >= 0.6 is 0 Å². The lowest BCUT2D eigenvalue weighted by molar-refractivity contribution is 0.0683. The minimum Gasteiger partial charge on any atom is -0.477 e. The first-order chi connectivity index (χ1) is 6.93. The fourth-order valence-electron chi connectivity index (χ4n) is 1.57. The summed E-state index contributed by atoms with van der Waals surface area (Å²) in [5.74, 6) is -0.688. The second-order valence-electron chi connectivity index (χ2n) is 4.01. The van der Waals surface area contributed by atoms with Gasteiger partial charge in [0.2, 0.25) is 0 Å². The van der Waals surface area contributed by atoms with Gasteiger partial charge in [0.15, 0.2) is 0 Å². The van der Waals surface area contributed by atoms with E-state index in [1.807, 2.05) is 13.8 Å². The fourth-order valence-corrected chi connectivity index (χ4v) is 1.57. The van der Waals surface area contributed by atoms with Gasteiger partial charge < -0.3 is 9.67 Å². The molecule has 0 fully saturated rings. The number of pyridine rings is 1. The molecule has 0 bridgehead atoms. The molecule has 0 amide bonds. The van der Waals surface area contributed by atoms with Crippen LogP contribution in [-0.4, -0.2) is 15.6 Å². The Morgan fingerprint density at radius 3 is 2.53 bits per heavy atom. The van der Waals surface area contributed by atoms with Crippen LogP contribution in [0.5, 0.6) is 0 Å². The van der Waals surface area contributed by atoms with Crippen molar-refractivity contribution in [1.82, 2.24) is 4.57 Å². The fraction of sp³-hybridized carbons (Fsp3) is 0.455. The van der Waals surface area contributed by atoms with Gasteiger partial charge in [0.25, 0.3) is 5.56 Å². The van der Waals surface area contributed by atoms with Crippen molar-refractivity contribution in [1.29, 1.82) is 0 Å². The Morgan fingerprint density at radius 1 is 1.47 bits per heavy atom. The summed E-state index contributed by atoms with van der Waals surface area (Å²) in [6.45, 7) is 4.02. The number of aromatic carboxylic acids is 1. The van der Waals surface area contributed by atoms with Crippen molar-refractivity contribution in [2.75, 3.05) is 0 Å². The second kappa shape index (κ2) is 4.29. The molecule has 1 rings (SSSR count). The molecular weight excluding hydrogens is 194 g/mol. The van der Waals surface area contributed by atoms with E-state index >= 15 is 0 Å². The average molecular weight is 209 g/mol. The summed E-state index contributed by atoms with van der Waals surface area (Å²) < 4.78 is 1.18. The molecular formula is C11H15NO3. The predicted octanol–water partition coefficient (Wildman–Crippen LogP) is 1.28. The van der Waals surface area contributed by atoms with E-state index in [0.717, 1.165) is 0 Å². The molecule has 0 aliphatic rings. The molecule has 0 aliphatic heterocycles. The Kier molecular flexibility index (Phi) is 3.29. The van der Waals surface area contributed by atoms with Crippen molar-refractivity contribution in [3.8, 4) is 0 Å². The number of nitrogens with zero attached hydrogens (tertiary/aromatic N) is 1. The van der Waals surface area contributed by atoms with Gasteiger partial charge in [-0.3, -0.25) is 4.79 Å². The van der Waals surface area contributed by atoms with E-state index in [1.54, 1.807) is 6.07 Å². The van der Waals surface area contributed by atoms with Crippen LogP contribution in [0.4, 0.5) is 0 Å². The number of hydrogen-bond donors (Lipinski definition) is 1. The highest BCUT2D eigenvalue weighted by molar-refractivity contribution is 5.87. The molecule has 0 aromatic carbocycles. The Bertz CT molecular complexity index is 432. The highest BCUT2D eigenvalue weighted by atomic mass is 16.4. The number of carbonyl (C=O) groups is 1. The largest absolute Gasteiger partial charge is 0.477 e. The molecule has 1 aromatic rings. The highest BCUT2D eigenvalue weighted by Gasteiger charge is 2.15. The normalized spacial score (nSPS) is 10.7. The van der Waals surface area contributed by atoms with Crippen LogP contribution in [0.1, 0.15) is 29.9 Å². The van der Waals surface area contributed by atoms with Gasteiger partial charge in [-0.2, -0.15) is 0 Å². The summed E-state index contributed by atoms with van der Waals surface area (Å²) in [6, 6.07) is 3.01. The van der Waals surface area contributed by atoms with Gasteiger partial charge in [0.1, 0.15) is 5.69 Å². The van der Waals surface area contributed by atoms with Crippen LogP contribution in [0.25, 0.3) is 0 Å². The number of hydrogen-bond acceptors (Lipinski definition) is 2. The van der Waals surface area contributed by atoms with Crippen molar-refractivity contribution < 1.29 is 9.90 Å².